The molecule has 5 nitrogen and oxygen atoms in total. The number of aryl methyl sites for hydroxylation is 2. The molecule has 2 aromatic carbocycles. The third-order valence-electron chi connectivity index (χ3n) is 4.67. The molecule has 0 saturated heterocycles. The second-order valence-corrected chi connectivity index (χ2v) is 6.42. The van der Waals surface area contributed by atoms with Crippen LogP contribution in [0.5, 0.6) is 5.75 Å². The lowest BCUT2D eigenvalue weighted by Crippen LogP contribution is -2.15. The molecular formula is C21H25N3O2. The number of nitrogens with zero attached hydrogens (tertiary/aromatic N) is 2. The largest absolute Gasteiger partial charge is 0.493 e. The Bertz CT molecular complexity index is 886. The average molecular weight is 351 g/mol. The predicted octanol–water partition coefficient (Wildman–Crippen LogP) is 3.76. The first-order valence-electron chi connectivity index (χ1n) is 9.01. The Morgan fingerprint density at radius 1 is 1.12 bits per heavy atom. The number of hydrogen-bond donors (Lipinski definition) is 1. The average Bonchev–Trinajstić information content (AvgIpc) is 3.00. The molecule has 0 spiro atoms. The van der Waals surface area contributed by atoms with E-state index in [1.807, 2.05) is 30.3 Å². The number of hydrogen-bond acceptors (Lipinski definition) is 3. The van der Waals surface area contributed by atoms with Gasteiger partial charge in [-0.25, -0.2) is 4.98 Å². The van der Waals surface area contributed by atoms with Crippen LogP contribution in [0.3, 0.4) is 0 Å². The first-order chi connectivity index (χ1) is 12.7. The van der Waals surface area contributed by atoms with Crippen LogP contribution in [-0.2, 0) is 17.9 Å². The number of fused-ring (bicyclic) bond motifs is 1. The second kappa shape index (κ2) is 8.52. The van der Waals surface area contributed by atoms with Crippen molar-refractivity contribution in [2.75, 3.05) is 6.61 Å². The molecule has 1 aromatic heterocycles. The van der Waals surface area contributed by atoms with Crippen LogP contribution >= 0.6 is 0 Å². The zero-order valence-electron chi connectivity index (χ0n) is 15.4. The topological polar surface area (TPSA) is 56.1 Å². The van der Waals surface area contributed by atoms with Crippen LogP contribution in [-0.4, -0.2) is 22.6 Å². The third kappa shape index (κ3) is 4.04. The van der Waals surface area contributed by atoms with Gasteiger partial charge in [0.05, 0.1) is 24.2 Å². The minimum absolute atomic E-state index is 0.442. The quantitative estimate of drug-likeness (QED) is 0.472. The van der Waals surface area contributed by atoms with Gasteiger partial charge in [-0.15, -0.1) is 0 Å². The maximum atomic E-state index is 10.6. The summed E-state index contributed by atoms with van der Waals surface area (Å²) in [6.07, 6.45) is 2.65. The zero-order chi connectivity index (χ0) is 18.4. The van der Waals surface area contributed by atoms with Crippen molar-refractivity contribution in [3.05, 3.63) is 59.4 Å². The fourth-order valence-electron chi connectivity index (χ4n) is 3.08. The molecule has 3 aromatic rings. The van der Waals surface area contributed by atoms with Crippen LogP contribution in [0.1, 0.15) is 29.8 Å². The third-order valence-corrected chi connectivity index (χ3v) is 4.67. The second-order valence-electron chi connectivity index (χ2n) is 6.42. The zero-order valence-corrected chi connectivity index (χ0v) is 15.4. The minimum Gasteiger partial charge on any atom is -0.493 e. The molecule has 3 rings (SSSR count). The number of ether oxygens (including phenoxy) is 1. The Hall–Kier alpha value is -2.82. The van der Waals surface area contributed by atoms with Crippen molar-refractivity contribution in [2.24, 2.45) is 0 Å². The van der Waals surface area contributed by atoms with E-state index in [2.05, 4.69) is 40.8 Å². The van der Waals surface area contributed by atoms with Crippen LogP contribution in [0.25, 0.3) is 11.0 Å². The molecule has 0 aliphatic rings. The van der Waals surface area contributed by atoms with Gasteiger partial charge < -0.3 is 14.6 Å². The summed E-state index contributed by atoms with van der Waals surface area (Å²) in [5.74, 6) is 1.85. The molecule has 0 unspecified atom stereocenters. The lowest BCUT2D eigenvalue weighted by molar-refractivity contribution is -0.109. The number of imidazole rings is 1. The van der Waals surface area contributed by atoms with Crippen molar-refractivity contribution >= 4 is 17.4 Å². The highest BCUT2D eigenvalue weighted by Crippen LogP contribution is 2.21. The highest BCUT2D eigenvalue weighted by Gasteiger charge is 2.09. The number of carbonyl (C=O) groups is 1. The molecule has 136 valence electrons. The number of aromatic nitrogens is 2. The van der Waals surface area contributed by atoms with Gasteiger partial charge in [0, 0.05) is 6.54 Å². The predicted molar refractivity (Wildman–Crippen MR) is 103 cm³/mol. The first-order valence-corrected chi connectivity index (χ1v) is 9.01. The molecule has 26 heavy (non-hydrogen) atoms. The molecule has 1 amide bonds. The SMILES string of the molecule is Cc1cccc(OCCCCn2c(CNC=O)nc3ccccc32)c1C. The Morgan fingerprint density at radius 3 is 2.81 bits per heavy atom. The number of rotatable bonds is 9. The Labute approximate surface area is 154 Å². The lowest BCUT2D eigenvalue weighted by atomic mass is 10.1. The number of unbranched alkanes of at least 4 members (excludes halogenated alkanes) is 1. The summed E-state index contributed by atoms with van der Waals surface area (Å²) in [5, 5.41) is 2.71. The van der Waals surface area contributed by atoms with Crippen molar-refractivity contribution in [2.45, 2.75) is 39.8 Å². The Morgan fingerprint density at radius 2 is 1.96 bits per heavy atom. The van der Waals surface area contributed by atoms with Gasteiger partial charge in [-0.05, 0) is 56.0 Å². The minimum atomic E-state index is 0.442. The highest BCUT2D eigenvalue weighted by molar-refractivity contribution is 5.75. The van der Waals surface area contributed by atoms with Gasteiger partial charge >= 0.3 is 0 Å². The fourth-order valence-corrected chi connectivity index (χ4v) is 3.08. The molecule has 1 heterocycles. The number of para-hydroxylation sites is 2. The Kier molecular flexibility index (Phi) is 5.89. The number of amides is 1. The van der Waals surface area contributed by atoms with Gasteiger partial charge in [0.15, 0.2) is 0 Å². The summed E-state index contributed by atoms with van der Waals surface area (Å²) in [7, 11) is 0. The van der Waals surface area contributed by atoms with Gasteiger partial charge in [-0.1, -0.05) is 24.3 Å². The van der Waals surface area contributed by atoms with Gasteiger partial charge in [-0.2, -0.15) is 0 Å². The number of benzene rings is 2. The smallest absolute Gasteiger partial charge is 0.207 e. The van der Waals surface area contributed by atoms with Gasteiger partial charge in [0.2, 0.25) is 6.41 Å². The van der Waals surface area contributed by atoms with E-state index < -0.39 is 0 Å². The van der Waals surface area contributed by atoms with E-state index in [9.17, 15) is 4.79 Å². The van der Waals surface area contributed by atoms with Crippen molar-refractivity contribution in [1.29, 1.82) is 0 Å². The van der Waals surface area contributed by atoms with Gasteiger partial charge in [-0.3, -0.25) is 4.79 Å². The van der Waals surface area contributed by atoms with E-state index in [-0.39, 0.29) is 0 Å². The fraction of sp³-hybridized carbons (Fsp3) is 0.333. The van der Waals surface area contributed by atoms with Crippen LogP contribution in [0.2, 0.25) is 0 Å². The molecule has 5 heteroatoms. The molecule has 0 bridgehead atoms. The summed E-state index contributed by atoms with van der Waals surface area (Å²) < 4.78 is 8.12. The molecule has 0 atom stereocenters. The summed E-state index contributed by atoms with van der Waals surface area (Å²) in [6, 6.07) is 14.2. The normalized spacial score (nSPS) is 10.8. The molecule has 0 aliphatic carbocycles. The summed E-state index contributed by atoms with van der Waals surface area (Å²) in [6.45, 7) is 6.18. The van der Waals surface area contributed by atoms with E-state index in [1.165, 1.54) is 11.1 Å². The highest BCUT2D eigenvalue weighted by atomic mass is 16.5. The van der Waals surface area contributed by atoms with E-state index in [4.69, 9.17) is 4.74 Å². The van der Waals surface area contributed by atoms with E-state index in [1.54, 1.807) is 0 Å². The molecule has 0 radical (unpaired) electrons. The van der Waals surface area contributed by atoms with Crippen molar-refractivity contribution in [1.82, 2.24) is 14.9 Å². The number of carbonyl (C=O) groups excluding carboxylic acids is 1. The van der Waals surface area contributed by atoms with Crippen LogP contribution < -0.4 is 10.1 Å². The summed E-state index contributed by atoms with van der Waals surface area (Å²) in [5.41, 5.74) is 4.52. The standard InChI is InChI=1S/C21H25N3O2/c1-16-8-7-11-20(17(16)2)26-13-6-5-12-24-19-10-4-3-9-18(19)23-21(24)14-22-15-25/h3-4,7-11,15H,5-6,12-14H2,1-2H3,(H,22,25). The van der Waals surface area contributed by atoms with Crippen molar-refractivity contribution in [3.8, 4) is 5.75 Å². The number of nitrogens with one attached hydrogen (secondary N) is 1. The summed E-state index contributed by atoms with van der Waals surface area (Å²) >= 11 is 0. The monoisotopic (exact) mass is 351 g/mol. The van der Waals surface area contributed by atoms with E-state index in [0.717, 1.165) is 42.0 Å². The molecular weight excluding hydrogens is 326 g/mol. The van der Waals surface area contributed by atoms with Gasteiger partial charge in [0.25, 0.3) is 0 Å². The van der Waals surface area contributed by atoms with E-state index in [0.29, 0.717) is 19.6 Å². The maximum absolute atomic E-state index is 10.6. The molecule has 0 aliphatic heterocycles. The van der Waals surface area contributed by atoms with Crippen LogP contribution in [0.4, 0.5) is 0 Å². The van der Waals surface area contributed by atoms with Crippen LogP contribution in [0.15, 0.2) is 42.5 Å². The van der Waals surface area contributed by atoms with E-state index >= 15 is 0 Å². The van der Waals surface area contributed by atoms with Crippen LogP contribution in [0, 0.1) is 13.8 Å². The van der Waals surface area contributed by atoms with Gasteiger partial charge in [0.1, 0.15) is 11.6 Å². The van der Waals surface area contributed by atoms with Crippen molar-refractivity contribution < 1.29 is 9.53 Å². The Balaban J connectivity index is 1.59. The maximum Gasteiger partial charge on any atom is 0.207 e. The molecule has 1 N–H and O–H groups in total. The summed E-state index contributed by atoms with van der Waals surface area (Å²) in [4.78, 5) is 15.3. The first kappa shape index (κ1) is 18.0. The molecule has 0 fully saturated rings. The lowest BCUT2D eigenvalue weighted by Gasteiger charge is -2.12. The van der Waals surface area contributed by atoms with Crippen molar-refractivity contribution in [3.63, 3.8) is 0 Å². The molecule has 0 saturated carbocycles.